The summed E-state index contributed by atoms with van der Waals surface area (Å²) in [5.74, 6) is 2.11. The molecule has 2 rings (SSSR count). The summed E-state index contributed by atoms with van der Waals surface area (Å²) in [5, 5.41) is 3.50. The SMILES string of the molecule is CCc1ccc(CNCC2CN(C)CCN2C)o1. The van der Waals surface area contributed by atoms with Crippen LogP contribution in [0.4, 0.5) is 0 Å². The van der Waals surface area contributed by atoms with Crippen molar-refractivity contribution in [3.63, 3.8) is 0 Å². The Labute approximate surface area is 110 Å². The quantitative estimate of drug-likeness (QED) is 0.851. The number of hydrogen-bond acceptors (Lipinski definition) is 4. The molecule has 4 nitrogen and oxygen atoms in total. The summed E-state index contributed by atoms with van der Waals surface area (Å²) in [6.45, 7) is 7.43. The number of likely N-dealkylation sites (N-methyl/N-ethyl adjacent to an activating group) is 2. The maximum atomic E-state index is 5.68. The highest BCUT2D eigenvalue weighted by molar-refractivity contribution is 5.06. The number of rotatable bonds is 5. The maximum absolute atomic E-state index is 5.68. The van der Waals surface area contributed by atoms with Gasteiger partial charge in [-0.05, 0) is 26.2 Å². The van der Waals surface area contributed by atoms with Gasteiger partial charge in [-0.1, -0.05) is 6.92 Å². The molecular weight excluding hydrogens is 226 g/mol. The van der Waals surface area contributed by atoms with E-state index in [4.69, 9.17) is 4.42 Å². The highest BCUT2D eigenvalue weighted by Gasteiger charge is 2.21. The van der Waals surface area contributed by atoms with Crippen LogP contribution in [0.25, 0.3) is 0 Å². The van der Waals surface area contributed by atoms with Crippen molar-refractivity contribution in [2.75, 3.05) is 40.3 Å². The number of nitrogens with zero attached hydrogens (tertiary/aromatic N) is 2. The third-order valence-corrected chi connectivity index (χ3v) is 3.73. The van der Waals surface area contributed by atoms with Crippen molar-refractivity contribution in [2.45, 2.75) is 25.9 Å². The lowest BCUT2D eigenvalue weighted by atomic mass is 10.2. The molecule has 1 atom stereocenters. The average molecular weight is 251 g/mol. The van der Waals surface area contributed by atoms with Crippen LogP contribution in [0, 0.1) is 0 Å². The second-order valence-electron chi connectivity index (χ2n) is 5.25. The Morgan fingerprint density at radius 3 is 2.78 bits per heavy atom. The van der Waals surface area contributed by atoms with Gasteiger partial charge in [0.05, 0.1) is 6.54 Å². The first-order chi connectivity index (χ1) is 8.69. The van der Waals surface area contributed by atoms with Gasteiger partial charge in [-0.15, -0.1) is 0 Å². The Morgan fingerprint density at radius 2 is 2.06 bits per heavy atom. The molecule has 0 amide bonds. The molecule has 1 N–H and O–H groups in total. The molecule has 1 fully saturated rings. The number of furan rings is 1. The molecule has 0 aromatic carbocycles. The molecule has 2 heterocycles. The van der Waals surface area contributed by atoms with Crippen LogP contribution in [-0.2, 0) is 13.0 Å². The molecule has 1 saturated heterocycles. The lowest BCUT2D eigenvalue weighted by Gasteiger charge is -2.37. The summed E-state index contributed by atoms with van der Waals surface area (Å²) < 4.78 is 5.68. The summed E-state index contributed by atoms with van der Waals surface area (Å²) in [6, 6.07) is 4.74. The van der Waals surface area contributed by atoms with Gasteiger partial charge in [-0.2, -0.15) is 0 Å². The minimum atomic E-state index is 0.601. The normalized spacial score (nSPS) is 22.5. The van der Waals surface area contributed by atoms with Gasteiger partial charge in [0.2, 0.25) is 0 Å². The molecular formula is C14H25N3O. The number of nitrogens with one attached hydrogen (secondary N) is 1. The predicted molar refractivity (Wildman–Crippen MR) is 73.7 cm³/mol. The highest BCUT2D eigenvalue weighted by atomic mass is 16.3. The second-order valence-corrected chi connectivity index (χ2v) is 5.25. The van der Waals surface area contributed by atoms with E-state index in [1.807, 2.05) is 0 Å². The largest absolute Gasteiger partial charge is 0.465 e. The van der Waals surface area contributed by atoms with Gasteiger partial charge in [-0.3, -0.25) is 4.90 Å². The molecule has 0 bridgehead atoms. The zero-order chi connectivity index (χ0) is 13.0. The molecule has 1 aliphatic rings. The molecule has 1 aliphatic heterocycles. The summed E-state index contributed by atoms with van der Waals surface area (Å²) >= 11 is 0. The van der Waals surface area contributed by atoms with Crippen molar-refractivity contribution >= 4 is 0 Å². The molecule has 1 unspecified atom stereocenters. The third kappa shape index (κ3) is 3.57. The minimum absolute atomic E-state index is 0.601. The molecule has 0 aliphatic carbocycles. The summed E-state index contributed by atoms with van der Waals surface area (Å²) in [6.07, 6.45) is 0.968. The van der Waals surface area contributed by atoms with Crippen molar-refractivity contribution in [3.8, 4) is 0 Å². The van der Waals surface area contributed by atoms with Crippen LogP contribution < -0.4 is 5.32 Å². The van der Waals surface area contributed by atoms with Crippen molar-refractivity contribution in [2.24, 2.45) is 0 Å². The van der Waals surface area contributed by atoms with E-state index in [0.717, 1.165) is 44.1 Å². The van der Waals surface area contributed by atoms with E-state index in [1.165, 1.54) is 6.54 Å². The molecule has 0 radical (unpaired) electrons. The predicted octanol–water partition coefficient (Wildman–Crippen LogP) is 1.18. The minimum Gasteiger partial charge on any atom is -0.465 e. The number of hydrogen-bond donors (Lipinski definition) is 1. The van der Waals surface area contributed by atoms with Crippen molar-refractivity contribution in [1.82, 2.24) is 15.1 Å². The molecule has 0 spiro atoms. The van der Waals surface area contributed by atoms with E-state index in [-0.39, 0.29) is 0 Å². The van der Waals surface area contributed by atoms with Crippen molar-refractivity contribution < 1.29 is 4.42 Å². The standard InChI is InChI=1S/C14H25N3O/c1-4-13-5-6-14(18-13)10-15-9-12-11-16(2)7-8-17(12)3/h5-6,12,15H,4,7-11H2,1-3H3. The van der Waals surface area contributed by atoms with Crippen molar-refractivity contribution in [1.29, 1.82) is 0 Å². The Kier molecular flexibility index (Phi) is 4.80. The van der Waals surface area contributed by atoms with Crippen LogP contribution in [0.5, 0.6) is 0 Å². The Balaban J connectivity index is 1.74. The van der Waals surface area contributed by atoms with Gasteiger partial charge >= 0.3 is 0 Å². The first-order valence-corrected chi connectivity index (χ1v) is 6.86. The van der Waals surface area contributed by atoms with Gasteiger partial charge < -0.3 is 14.6 Å². The van der Waals surface area contributed by atoms with E-state index < -0.39 is 0 Å². The second kappa shape index (κ2) is 6.36. The van der Waals surface area contributed by atoms with Gasteiger partial charge in [-0.25, -0.2) is 0 Å². The fraction of sp³-hybridized carbons (Fsp3) is 0.714. The molecule has 0 saturated carbocycles. The van der Waals surface area contributed by atoms with E-state index in [1.54, 1.807) is 0 Å². The van der Waals surface area contributed by atoms with Crippen LogP contribution in [0.3, 0.4) is 0 Å². The lowest BCUT2D eigenvalue weighted by Crippen LogP contribution is -2.53. The molecule has 4 heteroatoms. The Bertz CT molecular complexity index is 364. The summed E-state index contributed by atoms with van der Waals surface area (Å²) in [4.78, 5) is 4.83. The lowest BCUT2D eigenvalue weighted by molar-refractivity contribution is 0.113. The Morgan fingerprint density at radius 1 is 1.28 bits per heavy atom. The first kappa shape index (κ1) is 13.6. The van der Waals surface area contributed by atoms with E-state index in [0.29, 0.717) is 6.04 Å². The van der Waals surface area contributed by atoms with E-state index >= 15 is 0 Å². The average Bonchev–Trinajstić information content (AvgIpc) is 2.81. The number of aryl methyl sites for hydroxylation is 1. The van der Waals surface area contributed by atoms with E-state index in [2.05, 4.69) is 48.3 Å². The summed E-state index contributed by atoms with van der Waals surface area (Å²) in [5.41, 5.74) is 0. The fourth-order valence-corrected chi connectivity index (χ4v) is 2.39. The smallest absolute Gasteiger partial charge is 0.117 e. The number of piperazine rings is 1. The van der Waals surface area contributed by atoms with Crippen LogP contribution in [0.2, 0.25) is 0 Å². The van der Waals surface area contributed by atoms with Crippen LogP contribution in [-0.4, -0.2) is 56.1 Å². The van der Waals surface area contributed by atoms with Crippen molar-refractivity contribution in [3.05, 3.63) is 23.7 Å². The maximum Gasteiger partial charge on any atom is 0.117 e. The van der Waals surface area contributed by atoms with Crippen LogP contribution in [0.1, 0.15) is 18.4 Å². The zero-order valence-electron chi connectivity index (χ0n) is 11.8. The molecule has 1 aromatic heterocycles. The molecule has 18 heavy (non-hydrogen) atoms. The molecule has 1 aromatic rings. The molecule has 102 valence electrons. The van der Waals surface area contributed by atoms with Gasteiger partial charge in [0, 0.05) is 38.6 Å². The summed E-state index contributed by atoms with van der Waals surface area (Å²) in [7, 11) is 4.40. The highest BCUT2D eigenvalue weighted by Crippen LogP contribution is 2.09. The van der Waals surface area contributed by atoms with Gasteiger partial charge in [0.25, 0.3) is 0 Å². The van der Waals surface area contributed by atoms with Crippen LogP contribution >= 0.6 is 0 Å². The van der Waals surface area contributed by atoms with E-state index in [9.17, 15) is 0 Å². The van der Waals surface area contributed by atoms with Crippen LogP contribution in [0.15, 0.2) is 16.5 Å². The zero-order valence-corrected chi connectivity index (χ0v) is 11.8. The van der Waals surface area contributed by atoms with Gasteiger partial charge in [0.1, 0.15) is 11.5 Å². The monoisotopic (exact) mass is 251 g/mol. The van der Waals surface area contributed by atoms with Gasteiger partial charge in [0.15, 0.2) is 0 Å². The third-order valence-electron chi connectivity index (χ3n) is 3.73. The Hall–Kier alpha value is -0.840. The first-order valence-electron chi connectivity index (χ1n) is 6.86. The topological polar surface area (TPSA) is 31.6 Å². The fourth-order valence-electron chi connectivity index (χ4n) is 2.39.